The molecule has 1 saturated heterocycles. The average molecular weight is 280 g/mol. The number of aryl methyl sites for hydroxylation is 1. The first kappa shape index (κ1) is 14.4. The van der Waals surface area contributed by atoms with E-state index < -0.39 is 0 Å². The number of likely N-dealkylation sites (tertiary alicyclic amines) is 1. The maximum absolute atomic E-state index is 12.5. The number of piperidine rings is 1. The number of esters is 1. The number of hydrogen-bond donors (Lipinski definition) is 2. The second-order valence-corrected chi connectivity index (χ2v) is 5.04. The van der Waals surface area contributed by atoms with E-state index in [1.54, 1.807) is 11.8 Å². The number of nitrogens with two attached hydrogens (primary N) is 1. The number of nitrogen functional groups attached to an aromatic ring is 1. The molecule has 1 aliphatic heterocycles. The maximum atomic E-state index is 12.5. The Kier molecular flexibility index (Phi) is 4.26. The summed E-state index contributed by atoms with van der Waals surface area (Å²) in [6.45, 7) is 2.38. The molecule has 2 rings (SSSR count). The Hall–Kier alpha value is -2.05. The fourth-order valence-electron chi connectivity index (χ4n) is 2.49. The molecule has 7 heteroatoms. The van der Waals surface area contributed by atoms with Crippen molar-refractivity contribution in [1.29, 1.82) is 0 Å². The number of carbonyl (C=O) groups is 2. The molecule has 1 fully saturated rings. The van der Waals surface area contributed by atoms with Gasteiger partial charge in [0.2, 0.25) is 0 Å². The Labute approximate surface area is 117 Å². The van der Waals surface area contributed by atoms with Crippen LogP contribution in [0.25, 0.3) is 0 Å². The fraction of sp³-hybridized carbons (Fsp3) is 0.615. The van der Waals surface area contributed by atoms with Gasteiger partial charge < -0.3 is 15.4 Å². The molecule has 1 unspecified atom stereocenters. The van der Waals surface area contributed by atoms with E-state index in [0.717, 1.165) is 19.3 Å². The van der Waals surface area contributed by atoms with Crippen molar-refractivity contribution in [2.75, 3.05) is 19.4 Å². The Bertz CT molecular complexity index is 512. The highest BCUT2D eigenvalue weighted by Gasteiger charge is 2.31. The smallest absolute Gasteiger partial charge is 0.307 e. The molecule has 0 spiro atoms. The van der Waals surface area contributed by atoms with E-state index in [1.165, 1.54) is 7.11 Å². The van der Waals surface area contributed by atoms with Crippen molar-refractivity contribution in [3.8, 4) is 0 Å². The second-order valence-electron chi connectivity index (χ2n) is 5.04. The third-order valence-electron chi connectivity index (χ3n) is 3.72. The number of ether oxygens (including phenoxy) is 1. The Morgan fingerprint density at radius 1 is 1.50 bits per heavy atom. The van der Waals surface area contributed by atoms with Gasteiger partial charge in [0, 0.05) is 12.6 Å². The molecule has 1 aliphatic rings. The molecular formula is C13H20N4O3. The van der Waals surface area contributed by atoms with Gasteiger partial charge >= 0.3 is 5.97 Å². The fourth-order valence-corrected chi connectivity index (χ4v) is 2.49. The van der Waals surface area contributed by atoms with Gasteiger partial charge in [0.15, 0.2) is 5.69 Å². The van der Waals surface area contributed by atoms with Crippen molar-refractivity contribution < 1.29 is 14.3 Å². The van der Waals surface area contributed by atoms with Crippen LogP contribution in [0.15, 0.2) is 0 Å². The lowest BCUT2D eigenvalue weighted by Crippen LogP contribution is -2.45. The number of hydrogen-bond acceptors (Lipinski definition) is 5. The van der Waals surface area contributed by atoms with Crippen LogP contribution >= 0.6 is 0 Å². The lowest BCUT2D eigenvalue weighted by atomic mass is 9.98. The molecule has 3 N–H and O–H groups in total. The van der Waals surface area contributed by atoms with E-state index >= 15 is 0 Å². The van der Waals surface area contributed by atoms with E-state index in [4.69, 9.17) is 10.5 Å². The third kappa shape index (κ3) is 2.76. The van der Waals surface area contributed by atoms with Gasteiger partial charge in [0.1, 0.15) is 0 Å². The van der Waals surface area contributed by atoms with Crippen molar-refractivity contribution >= 4 is 17.6 Å². The van der Waals surface area contributed by atoms with Crippen LogP contribution in [0, 0.1) is 6.92 Å². The summed E-state index contributed by atoms with van der Waals surface area (Å²) in [7, 11) is 1.35. The first-order chi connectivity index (χ1) is 9.54. The zero-order valence-corrected chi connectivity index (χ0v) is 11.8. The van der Waals surface area contributed by atoms with E-state index in [1.807, 2.05) is 0 Å². The highest BCUT2D eigenvalue weighted by Crippen LogP contribution is 2.24. The van der Waals surface area contributed by atoms with Crippen molar-refractivity contribution in [2.45, 2.75) is 38.6 Å². The predicted molar refractivity (Wildman–Crippen MR) is 73.0 cm³/mol. The van der Waals surface area contributed by atoms with E-state index in [9.17, 15) is 9.59 Å². The average Bonchev–Trinajstić information content (AvgIpc) is 2.79. The zero-order valence-electron chi connectivity index (χ0n) is 11.8. The highest BCUT2D eigenvalue weighted by atomic mass is 16.5. The minimum atomic E-state index is -0.305. The Morgan fingerprint density at radius 2 is 2.25 bits per heavy atom. The van der Waals surface area contributed by atoms with Gasteiger partial charge in [-0.2, -0.15) is 5.10 Å². The largest absolute Gasteiger partial charge is 0.469 e. The van der Waals surface area contributed by atoms with Gasteiger partial charge in [-0.3, -0.25) is 14.7 Å². The normalized spacial score (nSPS) is 18.9. The van der Waals surface area contributed by atoms with Crippen molar-refractivity contribution in [3.05, 3.63) is 11.4 Å². The second kappa shape index (κ2) is 5.94. The number of carbonyl (C=O) groups excluding carboxylic acids is 2. The van der Waals surface area contributed by atoms with Crippen LogP contribution in [0.1, 0.15) is 41.9 Å². The van der Waals surface area contributed by atoms with Crippen LogP contribution < -0.4 is 5.73 Å². The number of aromatic nitrogens is 2. The number of nitrogens with zero attached hydrogens (tertiary/aromatic N) is 2. The number of nitrogens with one attached hydrogen (secondary N) is 1. The number of H-pyrrole nitrogens is 1. The number of rotatable bonds is 3. The quantitative estimate of drug-likeness (QED) is 0.799. The van der Waals surface area contributed by atoms with E-state index in [0.29, 0.717) is 17.9 Å². The van der Waals surface area contributed by atoms with Gasteiger partial charge in [-0.05, 0) is 26.2 Å². The topological polar surface area (TPSA) is 101 Å². The van der Waals surface area contributed by atoms with Crippen LogP contribution in [-0.4, -0.2) is 46.7 Å². The predicted octanol–water partition coefficient (Wildman–Crippen LogP) is 0.858. The van der Waals surface area contributed by atoms with Gasteiger partial charge in [0.05, 0.1) is 24.9 Å². The van der Waals surface area contributed by atoms with Gasteiger partial charge in [0.25, 0.3) is 5.91 Å². The first-order valence-electron chi connectivity index (χ1n) is 6.72. The van der Waals surface area contributed by atoms with Gasteiger partial charge in [-0.1, -0.05) is 0 Å². The van der Waals surface area contributed by atoms with Crippen molar-refractivity contribution in [1.82, 2.24) is 15.1 Å². The van der Waals surface area contributed by atoms with E-state index in [2.05, 4.69) is 10.2 Å². The summed E-state index contributed by atoms with van der Waals surface area (Å²) < 4.78 is 4.69. The van der Waals surface area contributed by atoms with Crippen molar-refractivity contribution in [3.63, 3.8) is 0 Å². The Morgan fingerprint density at radius 3 is 2.85 bits per heavy atom. The first-order valence-corrected chi connectivity index (χ1v) is 6.72. The molecular weight excluding hydrogens is 260 g/mol. The van der Waals surface area contributed by atoms with Gasteiger partial charge in [-0.15, -0.1) is 0 Å². The minimum Gasteiger partial charge on any atom is -0.469 e. The third-order valence-corrected chi connectivity index (χ3v) is 3.72. The summed E-state index contributed by atoms with van der Waals surface area (Å²) in [6.07, 6.45) is 2.93. The van der Waals surface area contributed by atoms with Crippen LogP contribution in [0.5, 0.6) is 0 Å². The van der Waals surface area contributed by atoms with Crippen LogP contribution in [-0.2, 0) is 9.53 Å². The van der Waals surface area contributed by atoms with Crippen LogP contribution in [0.4, 0.5) is 5.69 Å². The number of amides is 1. The van der Waals surface area contributed by atoms with Gasteiger partial charge in [-0.25, -0.2) is 0 Å². The summed E-state index contributed by atoms with van der Waals surface area (Å²) in [5, 5.41) is 6.68. The van der Waals surface area contributed by atoms with E-state index in [-0.39, 0.29) is 30.0 Å². The zero-order chi connectivity index (χ0) is 14.7. The lowest BCUT2D eigenvalue weighted by molar-refractivity contribution is -0.142. The van der Waals surface area contributed by atoms with Crippen LogP contribution in [0.3, 0.4) is 0 Å². The summed E-state index contributed by atoms with van der Waals surface area (Å²) in [5.74, 6) is -0.527. The molecule has 110 valence electrons. The summed E-state index contributed by atoms with van der Waals surface area (Å²) >= 11 is 0. The number of anilines is 1. The van der Waals surface area contributed by atoms with Crippen molar-refractivity contribution in [2.24, 2.45) is 0 Å². The number of aromatic amines is 1. The van der Waals surface area contributed by atoms with Crippen LogP contribution in [0.2, 0.25) is 0 Å². The summed E-state index contributed by atoms with van der Waals surface area (Å²) in [6, 6.07) is -0.139. The highest BCUT2D eigenvalue weighted by molar-refractivity contribution is 5.98. The number of methoxy groups -OCH3 is 1. The summed E-state index contributed by atoms with van der Waals surface area (Å²) in [5.41, 5.74) is 7.13. The molecule has 0 radical (unpaired) electrons. The SMILES string of the molecule is COC(=O)CC1CCCCN1C(=O)c1n[nH]c(C)c1N. The molecule has 0 bridgehead atoms. The minimum absolute atomic E-state index is 0.139. The molecule has 20 heavy (non-hydrogen) atoms. The molecule has 1 aromatic rings. The molecule has 1 amide bonds. The summed E-state index contributed by atoms with van der Waals surface area (Å²) in [4.78, 5) is 25.7. The standard InChI is InChI=1S/C13H20N4O3/c1-8-11(14)12(16-15-8)13(19)17-6-4-3-5-9(17)7-10(18)20-2/h9H,3-7,14H2,1-2H3,(H,15,16). The molecule has 0 aromatic carbocycles. The lowest BCUT2D eigenvalue weighted by Gasteiger charge is -2.34. The molecule has 2 heterocycles. The Balaban J connectivity index is 2.17. The monoisotopic (exact) mass is 280 g/mol. The molecule has 1 aromatic heterocycles. The molecule has 0 saturated carbocycles. The molecule has 0 aliphatic carbocycles. The molecule has 1 atom stereocenters. The maximum Gasteiger partial charge on any atom is 0.307 e. The molecule has 7 nitrogen and oxygen atoms in total.